The van der Waals surface area contributed by atoms with Crippen molar-refractivity contribution in [2.45, 2.75) is 25.8 Å². The van der Waals surface area contributed by atoms with Gasteiger partial charge in [-0.25, -0.2) is 9.78 Å². The molecule has 0 aliphatic carbocycles. The van der Waals surface area contributed by atoms with E-state index in [4.69, 9.17) is 0 Å². The summed E-state index contributed by atoms with van der Waals surface area (Å²) in [6.07, 6.45) is 2.43. The van der Waals surface area contributed by atoms with Crippen molar-refractivity contribution in [3.8, 4) is 0 Å². The normalized spacial score (nSPS) is 17.1. The number of nitrogens with one attached hydrogen (secondary N) is 3. The van der Waals surface area contributed by atoms with Crippen LogP contribution in [0.4, 0.5) is 10.7 Å². The molecular formula is C20H25N5OS. The molecule has 0 radical (unpaired) electrons. The predicted octanol–water partition coefficient (Wildman–Crippen LogP) is 4.22. The number of hydrogen-bond acceptors (Lipinski definition) is 4. The van der Waals surface area contributed by atoms with E-state index in [1.807, 2.05) is 24.3 Å². The van der Waals surface area contributed by atoms with Crippen molar-refractivity contribution in [1.29, 1.82) is 0 Å². The number of rotatable bonds is 5. The summed E-state index contributed by atoms with van der Waals surface area (Å²) in [6.45, 7) is 5.06. The maximum Gasteiger partial charge on any atom is 0.321 e. The number of benzene rings is 1. The molecule has 27 heavy (non-hydrogen) atoms. The summed E-state index contributed by atoms with van der Waals surface area (Å²) >= 11 is 1.75. The Bertz CT molecular complexity index is 850. The molecule has 6 nitrogen and oxygen atoms in total. The fraction of sp³-hybridized carbons (Fsp3) is 0.400. The first-order chi connectivity index (χ1) is 13.2. The van der Waals surface area contributed by atoms with Gasteiger partial charge in [0.05, 0.1) is 17.1 Å². The summed E-state index contributed by atoms with van der Waals surface area (Å²) in [7, 11) is 0. The molecule has 1 aliphatic heterocycles. The summed E-state index contributed by atoms with van der Waals surface area (Å²) in [6, 6.07) is 11.9. The van der Waals surface area contributed by atoms with E-state index < -0.39 is 0 Å². The highest BCUT2D eigenvalue weighted by molar-refractivity contribution is 7.10. The number of carbonyl (C=O) groups is 1. The third kappa shape index (κ3) is 4.31. The van der Waals surface area contributed by atoms with Crippen molar-refractivity contribution in [2.24, 2.45) is 5.92 Å². The second-order valence-corrected chi connectivity index (χ2v) is 8.17. The van der Waals surface area contributed by atoms with Gasteiger partial charge in [-0.05, 0) is 55.4 Å². The molecule has 1 fully saturated rings. The molecule has 142 valence electrons. The lowest BCUT2D eigenvalue weighted by molar-refractivity contribution is 0.138. The second-order valence-electron chi connectivity index (χ2n) is 7.19. The number of thiophene rings is 1. The standard InChI is InChI=1S/C20H25N5OS/c1-14-8-10-25(11-9-14)17(18-7-4-12-27-18)13-21-20(26)24-19-22-15-5-2-3-6-16(15)23-19/h2-7,12,14,17H,8-11,13H2,1H3,(H3,21,22,23,24,26). The SMILES string of the molecule is CC1CCN(C(CNC(=O)Nc2nc3ccccc3[nH]2)c2cccs2)CC1. The van der Waals surface area contributed by atoms with E-state index in [0.29, 0.717) is 12.5 Å². The van der Waals surface area contributed by atoms with E-state index in [2.05, 4.69) is 49.9 Å². The number of fused-ring (bicyclic) bond motifs is 1. The van der Waals surface area contributed by atoms with Gasteiger partial charge >= 0.3 is 6.03 Å². The van der Waals surface area contributed by atoms with E-state index in [-0.39, 0.29) is 12.1 Å². The Labute approximate surface area is 163 Å². The Morgan fingerprint density at radius 3 is 2.85 bits per heavy atom. The van der Waals surface area contributed by atoms with Gasteiger partial charge < -0.3 is 10.3 Å². The van der Waals surface area contributed by atoms with Gasteiger partial charge in [0.1, 0.15) is 0 Å². The van der Waals surface area contributed by atoms with Crippen LogP contribution in [0.5, 0.6) is 0 Å². The molecule has 2 amide bonds. The van der Waals surface area contributed by atoms with Gasteiger partial charge in [0.15, 0.2) is 0 Å². The second kappa shape index (κ2) is 8.10. The number of imidazole rings is 1. The molecule has 2 aromatic heterocycles. The van der Waals surface area contributed by atoms with Crippen LogP contribution in [0.15, 0.2) is 41.8 Å². The van der Waals surface area contributed by atoms with E-state index in [9.17, 15) is 4.79 Å². The number of para-hydroxylation sites is 2. The first kappa shape index (κ1) is 18.0. The lowest BCUT2D eigenvalue weighted by atomic mass is 9.97. The Kier molecular flexibility index (Phi) is 5.40. The lowest BCUT2D eigenvalue weighted by Crippen LogP contribution is -2.42. The highest BCUT2D eigenvalue weighted by Gasteiger charge is 2.25. The Morgan fingerprint density at radius 2 is 2.11 bits per heavy atom. The minimum absolute atomic E-state index is 0.221. The Balaban J connectivity index is 1.38. The molecule has 1 unspecified atom stereocenters. The van der Waals surface area contributed by atoms with E-state index in [1.165, 1.54) is 17.7 Å². The molecule has 1 saturated heterocycles. The molecule has 3 heterocycles. The number of nitrogens with zero attached hydrogens (tertiary/aromatic N) is 2. The van der Waals surface area contributed by atoms with Gasteiger partial charge in [-0.2, -0.15) is 0 Å². The number of likely N-dealkylation sites (tertiary alicyclic amines) is 1. The van der Waals surface area contributed by atoms with Crippen LogP contribution >= 0.6 is 11.3 Å². The number of hydrogen-bond donors (Lipinski definition) is 3. The average molecular weight is 384 g/mol. The number of aromatic nitrogens is 2. The first-order valence-electron chi connectivity index (χ1n) is 9.46. The molecule has 0 bridgehead atoms. The predicted molar refractivity (Wildman–Crippen MR) is 110 cm³/mol. The number of H-pyrrole nitrogens is 1. The highest BCUT2D eigenvalue weighted by atomic mass is 32.1. The summed E-state index contributed by atoms with van der Waals surface area (Å²) in [5.41, 5.74) is 1.75. The fourth-order valence-electron chi connectivity index (χ4n) is 3.58. The maximum atomic E-state index is 12.4. The molecule has 0 saturated carbocycles. The van der Waals surface area contributed by atoms with Gasteiger partial charge in [-0.15, -0.1) is 11.3 Å². The summed E-state index contributed by atoms with van der Waals surface area (Å²) in [5, 5.41) is 7.94. The molecule has 3 N–H and O–H groups in total. The van der Waals surface area contributed by atoms with Gasteiger partial charge in [0, 0.05) is 11.4 Å². The maximum absolute atomic E-state index is 12.4. The fourth-order valence-corrected chi connectivity index (χ4v) is 4.44. The van der Waals surface area contributed by atoms with Crippen LogP contribution < -0.4 is 10.6 Å². The monoisotopic (exact) mass is 383 g/mol. The third-order valence-corrected chi connectivity index (χ3v) is 6.18. The quantitative estimate of drug-likeness (QED) is 0.618. The van der Waals surface area contributed by atoms with Crippen LogP contribution in [0.25, 0.3) is 11.0 Å². The van der Waals surface area contributed by atoms with Crippen LogP contribution in [-0.2, 0) is 0 Å². The summed E-state index contributed by atoms with van der Waals surface area (Å²) in [4.78, 5) is 23.7. The number of piperidine rings is 1. The zero-order valence-electron chi connectivity index (χ0n) is 15.4. The van der Waals surface area contributed by atoms with Crippen molar-refractivity contribution in [2.75, 3.05) is 25.0 Å². The van der Waals surface area contributed by atoms with Gasteiger partial charge in [-0.3, -0.25) is 10.2 Å². The number of aromatic amines is 1. The van der Waals surface area contributed by atoms with Crippen LogP contribution in [0.1, 0.15) is 30.7 Å². The topological polar surface area (TPSA) is 73.1 Å². The third-order valence-electron chi connectivity index (χ3n) is 5.21. The molecule has 4 rings (SSSR count). The summed E-state index contributed by atoms with van der Waals surface area (Å²) in [5.74, 6) is 1.25. The van der Waals surface area contributed by atoms with Crippen molar-refractivity contribution in [1.82, 2.24) is 20.2 Å². The average Bonchev–Trinajstić information content (AvgIpc) is 3.32. The van der Waals surface area contributed by atoms with Gasteiger partial charge in [0.2, 0.25) is 5.95 Å². The smallest absolute Gasteiger partial charge is 0.321 e. The summed E-state index contributed by atoms with van der Waals surface area (Å²) < 4.78 is 0. The molecule has 1 aromatic carbocycles. The molecule has 3 aromatic rings. The van der Waals surface area contributed by atoms with E-state index >= 15 is 0 Å². The minimum atomic E-state index is -0.235. The Hall–Kier alpha value is -2.38. The van der Waals surface area contributed by atoms with Crippen molar-refractivity contribution in [3.63, 3.8) is 0 Å². The van der Waals surface area contributed by atoms with Crippen molar-refractivity contribution >= 4 is 34.3 Å². The van der Waals surface area contributed by atoms with E-state index in [0.717, 1.165) is 30.0 Å². The molecule has 7 heteroatoms. The molecule has 1 atom stereocenters. The molecule has 0 spiro atoms. The Morgan fingerprint density at radius 1 is 1.30 bits per heavy atom. The van der Waals surface area contributed by atoms with Crippen LogP contribution in [0.2, 0.25) is 0 Å². The van der Waals surface area contributed by atoms with Crippen LogP contribution in [0.3, 0.4) is 0 Å². The number of carbonyl (C=O) groups excluding carboxylic acids is 1. The zero-order valence-corrected chi connectivity index (χ0v) is 16.3. The minimum Gasteiger partial charge on any atom is -0.336 e. The van der Waals surface area contributed by atoms with Gasteiger partial charge in [-0.1, -0.05) is 25.1 Å². The number of urea groups is 1. The van der Waals surface area contributed by atoms with Crippen molar-refractivity contribution < 1.29 is 4.79 Å². The van der Waals surface area contributed by atoms with Crippen LogP contribution in [0, 0.1) is 5.92 Å². The van der Waals surface area contributed by atoms with Crippen LogP contribution in [-0.4, -0.2) is 40.5 Å². The largest absolute Gasteiger partial charge is 0.336 e. The zero-order chi connectivity index (χ0) is 18.6. The highest BCUT2D eigenvalue weighted by Crippen LogP contribution is 2.29. The first-order valence-corrected chi connectivity index (χ1v) is 10.3. The van der Waals surface area contributed by atoms with E-state index in [1.54, 1.807) is 11.3 Å². The molecule has 1 aliphatic rings. The molecular weight excluding hydrogens is 358 g/mol. The van der Waals surface area contributed by atoms with Gasteiger partial charge in [0.25, 0.3) is 0 Å². The lowest BCUT2D eigenvalue weighted by Gasteiger charge is -2.36. The van der Waals surface area contributed by atoms with Crippen molar-refractivity contribution in [3.05, 3.63) is 46.7 Å². The number of amides is 2. The number of anilines is 1.